The standard InChI is InChI=1S/C11H11NO4/c12-7(8(13)14)10-1-4-2(10)6-3(10)5(1)11(4,6)9(15)16/h1-7H,12H2,(H,13,14)(H,15,16)/t1?,2?,3?,4?,5?,6?,7-,10?,11?/m1/s1. The first kappa shape index (κ1) is 8.06. The van der Waals surface area contributed by atoms with Gasteiger partial charge in [0.05, 0.1) is 5.41 Å². The second kappa shape index (κ2) is 1.61. The van der Waals surface area contributed by atoms with Crippen LogP contribution in [0.25, 0.3) is 0 Å². The molecule has 6 rings (SSSR count). The summed E-state index contributed by atoms with van der Waals surface area (Å²) in [6.07, 6.45) is 0. The number of hydrogen-bond donors (Lipinski definition) is 3. The molecule has 0 heterocycles. The fourth-order valence-corrected chi connectivity index (χ4v) is 6.87. The van der Waals surface area contributed by atoms with E-state index in [1.807, 2.05) is 0 Å². The third-order valence-electron chi connectivity index (χ3n) is 6.88. The van der Waals surface area contributed by atoms with Gasteiger partial charge in [-0.05, 0) is 35.5 Å². The highest BCUT2D eigenvalue weighted by Crippen LogP contribution is 3.10. The molecule has 6 saturated carbocycles. The Hall–Kier alpha value is -1.10. The van der Waals surface area contributed by atoms with Crippen molar-refractivity contribution >= 4 is 11.9 Å². The molecule has 0 aromatic carbocycles. The Morgan fingerprint density at radius 1 is 1.00 bits per heavy atom. The number of carboxylic acids is 2. The predicted octanol–water partition coefficient (Wildman–Crippen LogP) is -0.779. The molecule has 0 aromatic rings. The van der Waals surface area contributed by atoms with Crippen molar-refractivity contribution in [1.82, 2.24) is 0 Å². The number of aliphatic carboxylic acids is 2. The highest BCUT2D eigenvalue weighted by Gasteiger charge is 3.12. The Morgan fingerprint density at radius 3 is 1.75 bits per heavy atom. The van der Waals surface area contributed by atoms with Crippen LogP contribution in [0.5, 0.6) is 0 Å². The summed E-state index contributed by atoms with van der Waals surface area (Å²) < 4.78 is 0. The van der Waals surface area contributed by atoms with Crippen LogP contribution in [0.1, 0.15) is 0 Å². The number of carboxylic acid groups (broad SMARTS) is 2. The van der Waals surface area contributed by atoms with Gasteiger partial charge in [0.15, 0.2) is 0 Å². The first-order chi connectivity index (χ1) is 7.53. The van der Waals surface area contributed by atoms with Crippen LogP contribution >= 0.6 is 0 Å². The molecule has 5 heteroatoms. The SMILES string of the molecule is N[C@H](C(=O)O)C12C3C4C1C1C2C3C41C(=O)O. The van der Waals surface area contributed by atoms with Crippen molar-refractivity contribution in [3.63, 3.8) is 0 Å². The topological polar surface area (TPSA) is 101 Å². The molecule has 6 fully saturated rings. The van der Waals surface area contributed by atoms with Crippen molar-refractivity contribution < 1.29 is 19.8 Å². The van der Waals surface area contributed by atoms with Gasteiger partial charge in [-0.2, -0.15) is 0 Å². The number of hydrogen-bond acceptors (Lipinski definition) is 3. The molecular weight excluding hydrogens is 210 g/mol. The van der Waals surface area contributed by atoms with Crippen molar-refractivity contribution in [2.45, 2.75) is 6.04 Å². The smallest absolute Gasteiger partial charge is 0.321 e. The fraction of sp³-hybridized carbons (Fsp3) is 0.818. The molecule has 6 aliphatic carbocycles. The van der Waals surface area contributed by atoms with Gasteiger partial charge in [-0.1, -0.05) is 0 Å². The number of rotatable bonds is 3. The van der Waals surface area contributed by atoms with Gasteiger partial charge in [-0.15, -0.1) is 0 Å². The molecule has 0 radical (unpaired) electrons. The van der Waals surface area contributed by atoms with Gasteiger partial charge in [0.1, 0.15) is 6.04 Å². The van der Waals surface area contributed by atoms with E-state index in [2.05, 4.69) is 0 Å². The van der Waals surface area contributed by atoms with Crippen LogP contribution in [0.3, 0.4) is 0 Å². The van der Waals surface area contributed by atoms with Crippen molar-refractivity contribution in [2.75, 3.05) is 0 Å². The predicted molar refractivity (Wildman–Crippen MR) is 49.1 cm³/mol. The molecule has 4 N–H and O–H groups in total. The van der Waals surface area contributed by atoms with E-state index in [4.69, 9.17) is 10.8 Å². The third kappa shape index (κ3) is 0.326. The van der Waals surface area contributed by atoms with Crippen LogP contribution in [-0.4, -0.2) is 28.2 Å². The fourth-order valence-electron chi connectivity index (χ4n) is 6.87. The Labute approximate surface area is 90.6 Å². The van der Waals surface area contributed by atoms with Crippen LogP contribution in [-0.2, 0) is 9.59 Å². The van der Waals surface area contributed by atoms with Gasteiger partial charge in [0.2, 0.25) is 0 Å². The third-order valence-corrected chi connectivity index (χ3v) is 6.88. The van der Waals surface area contributed by atoms with E-state index < -0.39 is 23.4 Å². The normalized spacial score (nSPS) is 70.8. The zero-order valence-electron chi connectivity index (χ0n) is 8.33. The molecule has 0 amide bonds. The van der Waals surface area contributed by atoms with Crippen molar-refractivity contribution in [1.29, 1.82) is 0 Å². The second-order valence-corrected chi connectivity index (χ2v) is 6.21. The lowest BCUT2D eigenvalue weighted by Crippen LogP contribution is -3.12. The average molecular weight is 221 g/mol. The summed E-state index contributed by atoms with van der Waals surface area (Å²) >= 11 is 0. The van der Waals surface area contributed by atoms with Crippen molar-refractivity contribution in [3.8, 4) is 0 Å². The van der Waals surface area contributed by atoms with Crippen LogP contribution in [0.2, 0.25) is 0 Å². The quantitative estimate of drug-likeness (QED) is 0.580. The molecule has 0 saturated heterocycles. The Bertz CT molecular complexity index is 445. The lowest BCUT2D eigenvalue weighted by atomic mass is 8.91. The van der Waals surface area contributed by atoms with Crippen molar-refractivity contribution in [3.05, 3.63) is 0 Å². The van der Waals surface area contributed by atoms with E-state index >= 15 is 0 Å². The molecule has 6 aliphatic rings. The monoisotopic (exact) mass is 221 g/mol. The highest BCUT2D eigenvalue weighted by molar-refractivity contribution is 5.89. The van der Waals surface area contributed by atoms with Gasteiger partial charge >= 0.3 is 11.9 Å². The zero-order valence-corrected chi connectivity index (χ0v) is 8.33. The van der Waals surface area contributed by atoms with E-state index in [-0.39, 0.29) is 23.2 Å². The Morgan fingerprint density at radius 2 is 1.44 bits per heavy atom. The Kier molecular flexibility index (Phi) is 0.811. The number of carbonyl (C=O) groups is 2. The molecule has 16 heavy (non-hydrogen) atoms. The van der Waals surface area contributed by atoms with E-state index in [1.54, 1.807) is 0 Å². The van der Waals surface area contributed by atoms with Gasteiger partial charge in [0, 0.05) is 5.41 Å². The van der Waals surface area contributed by atoms with Crippen LogP contribution in [0, 0.1) is 46.3 Å². The molecular formula is C11H11NO4. The maximum Gasteiger partial charge on any atom is 0.321 e. The first-order valence-electron chi connectivity index (χ1n) is 5.75. The summed E-state index contributed by atoms with van der Waals surface area (Å²) in [5.74, 6) is 0.244. The van der Waals surface area contributed by atoms with E-state index in [0.717, 1.165) is 0 Å². The summed E-state index contributed by atoms with van der Waals surface area (Å²) in [6.45, 7) is 0. The van der Waals surface area contributed by atoms with Crippen molar-refractivity contribution in [2.24, 2.45) is 52.1 Å². The minimum Gasteiger partial charge on any atom is -0.481 e. The first-order valence-corrected chi connectivity index (χ1v) is 5.75. The van der Waals surface area contributed by atoms with E-state index in [0.29, 0.717) is 17.8 Å². The van der Waals surface area contributed by atoms with E-state index in [9.17, 15) is 14.7 Å². The van der Waals surface area contributed by atoms with Gasteiger partial charge in [-0.3, -0.25) is 9.59 Å². The average Bonchev–Trinajstić information content (AvgIpc) is 2.27. The molecule has 0 bridgehead atoms. The maximum atomic E-state index is 11.2. The summed E-state index contributed by atoms with van der Waals surface area (Å²) in [4.78, 5) is 22.2. The second-order valence-electron chi connectivity index (χ2n) is 6.21. The van der Waals surface area contributed by atoms with Gasteiger partial charge < -0.3 is 15.9 Å². The lowest BCUT2D eigenvalue weighted by molar-refractivity contribution is -0.644. The van der Waals surface area contributed by atoms with E-state index in [1.165, 1.54) is 0 Å². The minimum atomic E-state index is -0.917. The van der Waals surface area contributed by atoms with Crippen LogP contribution in [0.4, 0.5) is 0 Å². The van der Waals surface area contributed by atoms with Gasteiger partial charge in [0.25, 0.3) is 0 Å². The Balaban J connectivity index is 1.56. The van der Waals surface area contributed by atoms with Crippen LogP contribution in [0.15, 0.2) is 0 Å². The molecule has 84 valence electrons. The lowest BCUT2D eigenvalue weighted by Gasteiger charge is -3.10. The molecule has 0 aliphatic heterocycles. The zero-order chi connectivity index (χ0) is 11.2. The molecule has 0 aromatic heterocycles. The summed E-state index contributed by atoms with van der Waals surface area (Å²) in [5.41, 5.74) is 5.19. The largest absolute Gasteiger partial charge is 0.481 e. The highest BCUT2D eigenvalue weighted by atomic mass is 16.4. The van der Waals surface area contributed by atoms with Crippen LogP contribution < -0.4 is 5.73 Å². The molecule has 0 spiro atoms. The maximum absolute atomic E-state index is 11.2. The molecule has 1 atom stereocenters. The molecule has 5 nitrogen and oxygen atoms in total. The summed E-state index contributed by atoms with van der Waals surface area (Å²) in [6, 6.07) is -0.761. The summed E-state index contributed by atoms with van der Waals surface area (Å²) in [5, 5.41) is 18.3. The summed E-state index contributed by atoms with van der Waals surface area (Å²) in [7, 11) is 0. The minimum absolute atomic E-state index is 0.178. The molecule has 0 unspecified atom stereocenters. The number of nitrogens with two attached hydrogens (primary N) is 1. The van der Waals surface area contributed by atoms with Gasteiger partial charge in [-0.25, -0.2) is 0 Å².